The molecule has 0 aromatic carbocycles. The topological polar surface area (TPSA) is 24.9 Å². The van der Waals surface area contributed by atoms with Gasteiger partial charge in [-0.1, -0.05) is 13.0 Å². The standard InChI is InChI=1S/C12H16N2/c1-3-7-11(13-9-4-2)12-8-5-6-10-14-12/h1,5-6,8,10-11,13H,4,7,9H2,2H3. The summed E-state index contributed by atoms with van der Waals surface area (Å²) in [5.74, 6) is 2.67. The number of nitrogens with zero attached hydrogens (tertiary/aromatic N) is 1. The number of pyridine rings is 1. The molecule has 0 spiro atoms. The molecule has 1 heterocycles. The van der Waals surface area contributed by atoms with Crippen LogP contribution in [0.3, 0.4) is 0 Å². The van der Waals surface area contributed by atoms with Crippen LogP contribution in [-0.2, 0) is 0 Å². The summed E-state index contributed by atoms with van der Waals surface area (Å²) in [6.45, 7) is 3.11. The van der Waals surface area contributed by atoms with Crippen molar-refractivity contribution in [3.63, 3.8) is 0 Å². The van der Waals surface area contributed by atoms with Gasteiger partial charge < -0.3 is 5.32 Å². The van der Waals surface area contributed by atoms with Gasteiger partial charge in [-0.2, -0.15) is 0 Å². The molecule has 1 N–H and O–H groups in total. The van der Waals surface area contributed by atoms with Crippen LogP contribution >= 0.6 is 0 Å². The van der Waals surface area contributed by atoms with Crippen LogP contribution in [0, 0.1) is 12.3 Å². The molecule has 2 heteroatoms. The molecule has 1 rings (SSSR count). The zero-order valence-corrected chi connectivity index (χ0v) is 8.53. The maximum absolute atomic E-state index is 5.32. The van der Waals surface area contributed by atoms with Crippen molar-refractivity contribution in [3.8, 4) is 12.3 Å². The normalized spacial score (nSPS) is 12.0. The van der Waals surface area contributed by atoms with E-state index in [0.717, 1.165) is 18.7 Å². The van der Waals surface area contributed by atoms with Crippen LogP contribution in [0.1, 0.15) is 31.5 Å². The molecule has 0 radical (unpaired) electrons. The first kappa shape index (κ1) is 10.7. The van der Waals surface area contributed by atoms with Crippen molar-refractivity contribution < 1.29 is 0 Å². The molecular formula is C12H16N2. The average molecular weight is 188 g/mol. The third kappa shape index (κ3) is 3.20. The maximum atomic E-state index is 5.32. The van der Waals surface area contributed by atoms with E-state index in [1.807, 2.05) is 18.2 Å². The minimum atomic E-state index is 0.196. The Labute approximate surface area is 85.8 Å². The highest BCUT2D eigenvalue weighted by Crippen LogP contribution is 2.12. The Balaban J connectivity index is 2.63. The number of nitrogens with one attached hydrogen (secondary N) is 1. The summed E-state index contributed by atoms with van der Waals surface area (Å²) in [4.78, 5) is 4.29. The first-order valence-electron chi connectivity index (χ1n) is 4.96. The van der Waals surface area contributed by atoms with E-state index < -0.39 is 0 Å². The van der Waals surface area contributed by atoms with Gasteiger partial charge in [0, 0.05) is 12.6 Å². The number of aromatic nitrogens is 1. The average Bonchev–Trinajstić information content (AvgIpc) is 2.25. The van der Waals surface area contributed by atoms with Crippen molar-refractivity contribution in [2.75, 3.05) is 6.54 Å². The Morgan fingerprint density at radius 2 is 2.43 bits per heavy atom. The molecule has 0 fully saturated rings. The molecule has 0 saturated heterocycles. The van der Waals surface area contributed by atoms with Gasteiger partial charge >= 0.3 is 0 Å². The van der Waals surface area contributed by atoms with Gasteiger partial charge in [0.1, 0.15) is 0 Å². The first-order valence-corrected chi connectivity index (χ1v) is 4.96. The van der Waals surface area contributed by atoms with Gasteiger partial charge in [-0.25, -0.2) is 0 Å². The Morgan fingerprint density at radius 1 is 1.57 bits per heavy atom. The minimum absolute atomic E-state index is 0.196. The van der Waals surface area contributed by atoms with Crippen molar-refractivity contribution >= 4 is 0 Å². The summed E-state index contributed by atoms with van der Waals surface area (Å²) in [5.41, 5.74) is 1.03. The fraction of sp³-hybridized carbons (Fsp3) is 0.417. The Kier molecular flexibility index (Phi) is 4.74. The van der Waals surface area contributed by atoms with E-state index in [2.05, 4.69) is 23.1 Å². The number of rotatable bonds is 5. The zero-order chi connectivity index (χ0) is 10.2. The van der Waals surface area contributed by atoms with Gasteiger partial charge in [-0.05, 0) is 25.1 Å². The van der Waals surface area contributed by atoms with Gasteiger partial charge in [-0.3, -0.25) is 4.98 Å². The molecule has 0 amide bonds. The third-order valence-corrected chi connectivity index (χ3v) is 2.01. The second-order valence-electron chi connectivity index (χ2n) is 3.17. The Hall–Kier alpha value is -1.33. The summed E-state index contributed by atoms with van der Waals surface area (Å²) in [6.07, 6.45) is 8.92. The van der Waals surface area contributed by atoms with E-state index in [9.17, 15) is 0 Å². The van der Waals surface area contributed by atoms with E-state index in [4.69, 9.17) is 6.42 Å². The lowest BCUT2D eigenvalue weighted by atomic mass is 10.1. The van der Waals surface area contributed by atoms with Crippen LogP contribution in [0.2, 0.25) is 0 Å². The van der Waals surface area contributed by atoms with Crippen LogP contribution in [0.25, 0.3) is 0 Å². The highest BCUT2D eigenvalue weighted by molar-refractivity contribution is 5.11. The minimum Gasteiger partial charge on any atom is -0.308 e. The first-order chi connectivity index (χ1) is 6.88. The Morgan fingerprint density at radius 3 is 3.00 bits per heavy atom. The lowest BCUT2D eigenvalue weighted by molar-refractivity contribution is 0.531. The molecule has 1 aromatic heterocycles. The van der Waals surface area contributed by atoms with Gasteiger partial charge in [0.05, 0.1) is 11.7 Å². The van der Waals surface area contributed by atoms with E-state index in [1.54, 1.807) is 6.20 Å². The van der Waals surface area contributed by atoms with Crippen molar-refractivity contribution in [2.45, 2.75) is 25.8 Å². The smallest absolute Gasteiger partial charge is 0.0605 e. The van der Waals surface area contributed by atoms with Crippen molar-refractivity contribution in [1.29, 1.82) is 0 Å². The second-order valence-corrected chi connectivity index (χ2v) is 3.17. The van der Waals surface area contributed by atoms with Crippen molar-refractivity contribution in [3.05, 3.63) is 30.1 Å². The summed E-state index contributed by atoms with van der Waals surface area (Å²) in [7, 11) is 0. The molecule has 0 bridgehead atoms. The summed E-state index contributed by atoms with van der Waals surface area (Å²) in [6, 6.07) is 6.10. The van der Waals surface area contributed by atoms with Crippen molar-refractivity contribution in [2.24, 2.45) is 0 Å². The molecule has 0 aliphatic heterocycles. The third-order valence-electron chi connectivity index (χ3n) is 2.01. The molecule has 0 saturated carbocycles. The van der Waals surface area contributed by atoms with E-state index >= 15 is 0 Å². The summed E-state index contributed by atoms with van der Waals surface area (Å²) < 4.78 is 0. The molecular weight excluding hydrogens is 172 g/mol. The monoisotopic (exact) mass is 188 g/mol. The van der Waals surface area contributed by atoms with Crippen molar-refractivity contribution in [1.82, 2.24) is 10.3 Å². The predicted molar refractivity (Wildman–Crippen MR) is 58.7 cm³/mol. The largest absolute Gasteiger partial charge is 0.308 e. The van der Waals surface area contributed by atoms with Crippen LogP contribution in [0.4, 0.5) is 0 Å². The zero-order valence-electron chi connectivity index (χ0n) is 8.53. The SMILES string of the molecule is C#CCC(NCCC)c1ccccn1. The molecule has 1 atom stereocenters. The van der Waals surface area contributed by atoms with Crippen LogP contribution < -0.4 is 5.32 Å². The molecule has 0 aliphatic rings. The number of terminal acetylenes is 1. The van der Waals surface area contributed by atoms with E-state index in [0.29, 0.717) is 6.42 Å². The van der Waals surface area contributed by atoms with Crippen LogP contribution in [0.5, 0.6) is 0 Å². The van der Waals surface area contributed by atoms with Crippen LogP contribution in [-0.4, -0.2) is 11.5 Å². The van der Waals surface area contributed by atoms with E-state index in [1.165, 1.54) is 0 Å². The molecule has 74 valence electrons. The second kappa shape index (κ2) is 6.17. The Bertz CT molecular complexity index is 287. The van der Waals surface area contributed by atoms with Crippen LogP contribution in [0.15, 0.2) is 24.4 Å². The van der Waals surface area contributed by atoms with Gasteiger partial charge in [0.2, 0.25) is 0 Å². The highest BCUT2D eigenvalue weighted by Gasteiger charge is 2.08. The summed E-state index contributed by atoms with van der Waals surface area (Å²) >= 11 is 0. The molecule has 0 aliphatic carbocycles. The quantitative estimate of drug-likeness (QED) is 0.716. The molecule has 1 aromatic rings. The highest BCUT2D eigenvalue weighted by atomic mass is 14.9. The molecule has 2 nitrogen and oxygen atoms in total. The number of hydrogen-bond acceptors (Lipinski definition) is 2. The summed E-state index contributed by atoms with van der Waals surface area (Å²) in [5, 5.41) is 3.38. The lowest BCUT2D eigenvalue weighted by Gasteiger charge is -2.14. The molecule has 14 heavy (non-hydrogen) atoms. The van der Waals surface area contributed by atoms with Gasteiger partial charge in [0.25, 0.3) is 0 Å². The predicted octanol–water partition coefficient (Wildman–Crippen LogP) is 2.15. The fourth-order valence-electron chi connectivity index (χ4n) is 1.30. The van der Waals surface area contributed by atoms with E-state index in [-0.39, 0.29) is 6.04 Å². The lowest BCUT2D eigenvalue weighted by Crippen LogP contribution is -2.22. The fourth-order valence-corrected chi connectivity index (χ4v) is 1.30. The maximum Gasteiger partial charge on any atom is 0.0605 e. The van der Waals surface area contributed by atoms with Gasteiger partial charge in [0.15, 0.2) is 0 Å². The molecule has 1 unspecified atom stereocenters. The number of hydrogen-bond donors (Lipinski definition) is 1. The van der Waals surface area contributed by atoms with Gasteiger partial charge in [-0.15, -0.1) is 12.3 Å².